The Labute approximate surface area is 50.2 Å². The van der Waals surface area contributed by atoms with Gasteiger partial charge in [-0.25, -0.2) is 8.42 Å². The van der Waals surface area contributed by atoms with E-state index in [-0.39, 0.29) is 5.88 Å². The fraction of sp³-hybridized carbons (Fsp3) is 1.00. The minimum atomic E-state index is -2.80. The molecule has 0 aromatic rings. The van der Waals surface area contributed by atoms with Gasteiger partial charge in [0.2, 0.25) is 0 Å². The second-order valence-corrected chi connectivity index (χ2v) is 4.24. The van der Waals surface area contributed by atoms with E-state index in [1.165, 1.54) is 6.26 Å². The highest BCUT2D eigenvalue weighted by molar-refractivity contribution is 7.90. The minimum Gasteiger partial charge on any atom is -0.296 e. The highest BCUT2D eigenvalue weighted by Crippen LogP contribution is 1.82. The Bertz CT molecular complexity index is 147. The smallest absolute Gasteiger partial charge is 0.160 e. The van der Waals surface area contributed by atoms with Crippen LogP contribution in [0.1, 0.15) is 0 Å². The Kier molecular flexibility index (Phi) is 2.43. The molecule has 0 aliphatic heterocycles. The molecule has 0 rings (SSSR count). The summed E-state index contributed by atoms with van der Waals surface area (Å²) in [6.45, 7) is 0. The molecule has 0 atom stereocenters. The fourth-order valence-corrected chi connectivity index (χ4v) is 1.41. The van der Waals surface area contributed by atoms with Crippen LogP contribution in [-0.4, -0.2) is 39.5 Å². The van der Waals surface area contributed by atoms with Crippen LogP contribution in [0.4, 0.5) is 0 Å². The lowest BCUT2D eigenvalue weighted by Crippen LogP contribution is -2.20. The standard InChI is InChI=1S/C4H11NO2S/c1-5(2)4-8(3,6)7/h4H2,1-3H3. The molecule has 50 valence electrons. The molecule has 0 fully saturated rings. The Hall–Kier alpha value is -0.0900. The lowest BCUT2D eigenvalue weighted by Gasteiger charge is -2.05. The van der Waals surface area contributed by atoms with Crippen LogP contribution < -0.4 is 0 Å². The molecule has 0 saturated carbocycles. The van der Waals surface area contributed by atoms with Gasteiger partial charge in [-0.2, -0.15) is 0 Å². The van der Waals surface area contributed by atoms with E-state index in [1.807, 2.05) is 0 Å². The molecular formula is C4H11NO2S. The molecule has 0 aromatic carbocycles. The summed E-state index contributed by atoms with van der Waals surface area (Å²) in [5, 5.41) is 0. The van der Waals surface area contributed by atoms with Crippen LogP contribution in [0.2, 0.25) is 0 Å². The predicted molar refractivity (Wildman–Crippen MR) is 33.4 cm³/mol. The molecule has 0 spiro atoms. The zero-order valence-electron chi connectivity index (χ0n) is 5.38. The summed E-state index contributed by atoms with van der Waals surface area (Å²) in [5.41, 5.74) is 0. The molecule has 0 aliphatic carbocycles. The molecule has 0 amide bonds. The lowest BCUT2D eigenvalue weighted by atomic mass is 11.0. The Morgan fingerprint density at radius 3 is 1.75 bits per heavy atom. The summed E-state index contributed by atoms with van der Waals surface area (Å²) in [6, 6.07) is 0. The van der Waals surface area contributed by atoms with Crippen LogP contribution in [0.15, 0.2) is 0 Å². The predicted octanol–water partition coefficient (Wildman–Crippen LogP) is -0.450. The molecule has 0 aliphatic rings. The summed E-state index contributed by atoms with van der Waals surface area (Å²) in [6.07, 6.45) is 1.22. The average molecular weight is 137 g/mol. The van der Waals surface area contributed by atoms with Crippen molar-refractivity contribution in [2.45, 2.75) is 0 Å². The maximum absolute atomic E-state index is 10.4. The third-order valence-corrected chi connectivity index (χ3v) is 1.48. The van der Waals surface area contributed by atoms with Crippen LogP contribution in [0.3, 0.4) is 0 Å². The summed E-state index contributed by atoms with van der Waals surface area (Å²) < 4.78 is 20.8. The first-order valence-electron chi connectivity index (χ1n) is 2.24. The van der Waals surface area contributed by atoms with Gasteiger partial charge in [-0.1, -0.05) is 0 Å². The molecule has 0 aromatic heterocycles. The van der Waals surface area contributed by atoms with Crippen LogP contribution in [0, 0.1) is 0 Å². The highest BCUT2D eigenvalue weighted by Gasteiger charge is 2.00. The number of sulfone groups is 1. The molecule has 3 nitrogen and oxygen atoms in total. The quantitative estimate of drug-likeness (QED) is 0.517. The monoisotopic (exact) mass is 137 g/mol. The van der Waals surface area contributed by atoms with Gasteiger partial charge in [0.25, 0.3) is 0 Å². The maximum Gasteiger partial charge on any atom is 0.160 e. The van der Waals surface area contributed by atoms with E-state index < -0.39 is 9.84 Å². The minimum absolute atomic E-state index is 0.132. The van der Waals surface area contributed by atoms with E-state index >= 15 is 0 Å². The Morgan fingerprint density at radius 2 is 1.75 bits per heavy atom. The van der Waals surface area contributed by atoms with Crippen molar-refractivity contribution < 1.29 is 8.42 Å². The van der Waals surface area contributed by atoms with Crippen molar-refractivity contribution in [1.82, 2.24) is 4.90 Å². The van der Waals surface area contributed by atoms with Crippen molar-refractivity contribution >= 4 is 9.84 Å². The summed E-state index contributed by atoms with van der Waals surface area (Å²) >= 11 is 0. The molecule has 4 heteroatoms. The fourth-order valence-electron chi connectivity index (χ4n) is 0.469. The summed E-state index contributed by atoms with van der Waals surface area (Å²) in [4.78, 5) is 1.62. The van der Waals surface area contributed by atoms with Crippen molar-refractivity contribution in [2.24, 2.45) is 0 Å². The Balaban J connectivity index is 3.75. The van der Waals surface area contributed by atoms with Gasteiger partial charge >= 0.3 is 0 Å². The molecule has 8 heavy (non-hydrogen) atoms. The first-order valence-corrected chi connectivity index (χ1v) is 4.30. The normalized spacial score (nSPS) is 12.5. The van der Waals surface area contributed by atoms with E-state index in [4.69, 9.17) is 0 Å². The number of hydrogen-bond acceptors (Lipinski definition) is 3. The van der Waals surface area contributed by atoms with Gasteiger partial charge in [-0.15, -0.1) is 0 Å². The molecule has 0 radical (unpaired) electrons. The molecule has 0 saturated heterocycles. The van der Waals surface area contributed by atoms with Gasteiger partial charge in [0.15, 0.2) is 9.84 Å². The third kappa shape index (κ3) is 5.91. The van der Waals surface area contributed by atoms with Gasteiger partial charge < -0.3 is 0 Å². The van der Waals surface area contributed by atoms with E-state index in [2.05, 4.69) is 0 Å². The largest absolute Gasteiger partial charge is 0.296 e. The van der Waals surface area contributed by atoms with E-state index in [1.54, 1.807) is 19.0 Å². The van der Waals surface area contributed by atoms with Crippen LogP contribution >= 0.6 is 0 Å². The zero-order chi connectivity index (χ0) is 6.78. The van der Waals surface area contributed by atoms with Crippen molar-refractivity contribution in [1.29, 1.82) is 0 Å². The van der Waals surface area contributed by atoms with Crippen molar-refractivity contribution in [2.75, 3.05) is 26.2 Å². The zero-order valence-corrected chi connectivity index (χ0v) is 6.20. The Morgan fingerprint density at radius 1 is 1.38 bits per heavy atom. The van der Waals surface area contributed by atoms with Gasteiger partial charge in [0.1, 0.15) is 5.88 Å². The van der Waals surface area contributed by atoms with Crippen molar-refractivity contribution in [3.8, 4) is 0 Å². The number of nitrogens with zero attached hydrogens (tertiary/aromatic N) is 1. The summed E-state index contributed by atoms with van der Waals surface area (Å²) in [5.74, 6) is 0.132. The average Bonchev–Trinajstić information content (AvgIpc) is 1.21. The molecule has 0 unspecified atom stereocenters. The van der Waals surface area contributed by atoms with Gasteiger partial charge in [-0.05, 0) is 14.1 Å². The van der Waals surface area contributed by atoms with Gasteiger partial charge in [0.05, 0.1) is 0 Å². The van der Waals surface area contributed by atoms with E-state index in [0.29, 0.717) is 0 Å². The first kappa shape index (κ1) is 7.91. The van der Waals surface area contributed by atoms with E-state index in [0.717, 1.165) is 0 Å². The molecule has 0 heterocycles. The van der Waals surface area contributed by atoms with Crippen molar-refractivity contribution in [3.05, 3.63) is 0 Å². The van der Waals surface area contributed by atoms with Gasteiger partial charge in [-0.3, -0.25) is 4.90 Å². The highest BCUT2D eigenvalue weighted by atomic mass is 32.2. The third-order valence-electron chi connectivity index (χ3n) is 0.493. The maximum atomic E-state index is 10.4. The second-order valence-electron chi connectivity index (χ2n) is 2.13. The molecular weight excluding hydrogens is 126 g/mol. The number of hydrogen-bond donors (Lipinski definition) is 0. The van der Waals surface area contributed by atoms with Crippen LogP contribution in [0.5, 0.6) is 0 Å². The van der Waals surface area contributed by atoms with Crippen molar-refractivity contribution in [3.63, 3.8) is 0 Å². The second kappa shape index (κ2) is 2.46. The topological polar surface area (TPSA) is 37.4 Å². The SMILES string of the molecule is CN(C)CS(C)(=O)=O. The van der Waals surface area contributed by atoms with Gasteiger partial charge in [0, 0.05) is 6.26 Å². The lowest BCUT2D eigenvalue weighted by molar-refractivity contribution is 0.464. The molecule has 0 N–H and O–H groups in total. The van der Waals surface area contributed by atoms with Crippen LogP contribution in [0.25, 0.3) is 0 Å². The van der Waals surface area contributed by atoms with E-state index in [9.17, 15) is 8.42 Å². The van der Waals surface area contributed by atoms with Crippen LogP contribution in [-0.2, 0) is 9.84 Å². The molecule has 0 bridgehead atoms. The summed E-state index contributed by atoms with van der Waals surface area (Å²) in [7, 11) is 0.649. The first-order chi connectivity index (χ1) is 3.42. The number of rotatable bonds is 2.